The number of carbonyl (C=O) groups is 5. The highest BCUT2D eigenvalue weighted by Gasteiger charge is 2.55. The van der Waals surface area contributed by atoms with Gasteiger partial charge >= 0.3 is 24.1 Å². The van der Waals surface area contributed by atoms with Crippen molar-refractivity contribution in [2.45, 2.75) is 106 Å². The van der Waals surface area contributed by atoms with Crippen molar-refractivity contribution in [2.24, 2.45) is 33.7 Å². The number of guanidine groups is 1. The maximum atomic E-state index is 13.4. The molecule has 0 bridgehead atoms. The number of unbranched alkanes of at least 4 members (excludes halogenated alkanes) is 1. The van der Waals surface area contributed by atoms with Crippen LogP contribution in [-0.2, 0) is 23.7 Å². The molecule has 29 heteroatoms. The lowest BCUT2D eigenvalue weighted by atomic mass is 9.95. The van der Waals surface area contributed by atoms with Gasteiger partial charge in [-0.2, -0.15) is 0 Å². The number of imide groups is 1. The van der Waals surface area contributed by atoms with Crippen LogP contribution in [0.2, 0.25) is 0 Å². The molecule has 66 heavy (non-hydrogen) atoms. The van der Waals surface area contributed by atoms with Crippen LogP contribution in [0.25, 0.3) is 6.08 Å². The quantitative estimate of drug-likeness (QED) is 0.0291. The summed E-state index contributed by atoms with van der Waals surface area (Å²) in [6, 6.07) is -3.56. The number of nitrogens with two attached hydrogens (primary N) is 5. The number of nitrogens with one attached hydrogen (secondary N) is 6. The van der Waals surface area contributed by atoms with Gasteiger partial charge < -0.3 is 99.6 Å². The molecular formula is C37H62Cl3N13O13. The number of carbonyl (C=O) groups excluding carboxylic acids is 5. The third kappa shape index (κ3) is 15.4. The molecule has 0 aliphatic carbocycles. The summed E-state index contributed by atoms with van der Waals surface area (Å²) in [4.78, 5) is 67.0. The predicted octanol–water partition coefficient (Wildman–Crippen LogP) is -3.71. The van der Waals surface area contributed by atoms with Crippen LogP contribution in [0.1, 0.15) is 31.7 Å². The largest absolute Gasteiger partial charge is 0.462 e. The van der Waals surface area contributed by atoms with Gasteiger partial charge in [0.1, 0.15) is 42.2 Å². The standard InChI is InChI=1S/C37H59N13O13.3ClH/c1-17-23(29(54)26(45-33(39)40)31(61-17)62-19-8-5-18(6-9-19)7-10-22(52)44-14-4-13-43-12-3-2-11-38)47-36(57)49-30-25(46-34(41)55)28(53)21(16-59-30)63-32-27-24(20(51)15-60-32)48-37(58)50(27)35(42)56;;;/h5-10,17,20-21,23-32,43,51,53-54H,2-4,11-16,38H2,1H3,(H2,42,56)(H,44,52)(H,48,58)(H4,39,40,45)(H3,41,46,55)(H2,47,49,57);3*1H/b10-7+;;;/t17-,20-,21-,23-,24+,25-,26-,27-,28+,29+,30+,31-,32+;;;/m1.../s1. The molecule has 5 rings (SSSR count). The van der Waals surface area contributed by atoms with E-state index in [4.69, 9.17) is 52.4 Å². The monoisotopic (exact) mass is 1000 g/mol. The molecule has 4 aliphatic heterocycles. The number of aliphatic hydroxyl groups is 3. The van der Waals surface area contributed by atoms with Crippen molar-refractivity contribution in [1.82, 2.24) is 36.8 Å². The molecule has 1 aromatic carbocycles. The molecule has 19 N–H and O–H groups in total. The van der Waals surface area contributed by atoms with Crippen LogP contribution in [0.5, 0.6) is 5.75 Å². The van der Waals surface area contributed by atoms with E-state index in [-0.39, 0.29) is 49.7 Å². The molecule has 9 amide bonds. The molecule has 0 aromatic heterocycles. The van der Waals surface area contributed by atoms with Gasteiger partial charge in [-0.3, -0.25) is 4.79 Å². The summed E-state index contributed by atoms with van der Waals surface area (Å²) >= 11 is 0. The van der Waals surface area contributed by atoms with Crippen LogP contribution in [-0.4, -0.2) is 175 Å². The summed E-state index contributed by atoms with van der Waals surface area (Å²) in [5.74, 6) is -0.335. The van der Waals surface area contributed by atoms with Crippen LogP contribution in [0.15, 0.2) is 35.3 Å². The van der Waals surface area contributed by atoms with Crippen LogP contribution in [0.4, 0.5) is 19.2 Å². The van der Waals surface area contributed by atoms with E-state index < -0.39 is 116 Å². The van der Waals surface area contributed by atoms with E-state index in [9.17, 15) is 39.3 Å². The highest BCUT2D eigenvalue weighted by atomic mass is 35.5. The Hall–Kier alpha value is -4.71. The molecule has 0 radical (unpaired) electrons. The van der Waals surface area contributed by atoms with E-state index in [1.165, 1.54) is 6.08 Å². The number of aliphatic imine (C=N–C) groups is 1. The van der Waals surface area contributed by atoms with Crippen molar-refractivity contribution in [1.29, 1.82) is 0 Å². The van der Waals surface area contributed by atoms with Crippen LogP contribution in [0.3, 0.4) is 0 Å². The first kappa shape index (κ1) is 57.4. The van der Waals surface area contributed by atoms with Gasteiger partial charge in [-0.1, -0.05) is 12.1 Å². The Bertz CT molecular complexity index is 1810. The number of rotatable bonds is 18. The van der Waals surface area contributed by atoms with Crippen LogP contribution in [0, 0.1) is 0 Å². The van der Waals surface area contributed by atoms with E-state index in [2.05, 4.69) is 36.9 Å². The fourth-order valence-corrected chi connectivity index (χ4v) is 7.46. The first-order valence-electron chi connectivity index (χ1n) is 20.4. The lowest BCUT2D eigenvalue weighted by molar-refractivity contribution is -0.268. The summed E-state index contributed by atoms with van der Waals surface area (Å²) in [5, 5.41) is 49.1. The van der Waals surface area contributed by atoms with Crippen molar-refractivity contribution in [3.05, 3.63) is 35.9 Å². The molecular weight excluding hydrogens is 941 g/mol. The summed E-state index contributed by atoms with van der Waals surface area (Å²) in [6.45, 7) is 3.66. The predicted molar refractivity (Wildman–Crippen MR) is 242 cm³/mol. The van der Waals surface area contributed by atoms with Crippen molar-refractivity contribution >= 4 is 79.3 Å². The number of halogens is 3. The molecule has 374 valence electrons. The molecule has 4 saturated heterocycles. The van der Waals surface area contributed by atoms with Gasteiger partial charge in [-0.05, 0) is 69.6 Å². The third-order valence-electron chi connectivity index (χ3n) is 10.6. The van der Waals surface area contributed by atoms with E-state index >= 15 is 0 Å². The molecule has 4 heterocycles. The number of benzene rings is 1. The first-order chi connectivity index (χ1) is 30.1. The lowest BCUT2D eigenvalue weighted by Crippen LogP contribution is -2.69. The summed E-state index contributed by atoms with van der Waals surface area (Å²) in [5.41, 5.74) is 28.3. The molecule has 13 atom stereocenters. The van der Waals surface area contributed by atoms with E-state index in [0.717, 1.165) is 32.4 Å². The number of primary amides is 2. The Balaban J connectivity index is 0.00000499. The second kappa shape index (κ2) is 27.2. The van der Waals surface area contributed by atoms with Gasteiger partial charge in [0.25, 0.3) is 0 Å². The Morgan fingerprint density at radius 3 is 2.24 bits per heavy atom. The zero-order chi connectivity index (χ0) is 45.8. The SMILES string of the molecule is C[C@H]1O[C@H](Oc2ccc(/C=C/C(=O)NCCCNCCCCN)cc2)[C@H](N=C(N)N)[C@@H](O)[C@@H]1NC(=O)N[C@H]1OC[C@@H](O[C@@H]2OC[C@@H](O)[C@@H]3NC(=O)N(C(N)=O)[C@@H]23)[C@H](O)[C@H]1NC(N)=O.Cl.Cl.Cl. The number of fused-ring (bicyclic) bond motifs is 1. The van der Waals surface area contributed by atoms with Crippen molar-refractivity contribution < 1.29 is 63.0 Å². The highest BCUT2D eigenvalue weighted by molar-refractivity contribution is 5.95. The number of nitrogens with zero attached hydrogens (tertiary/aromatic N) is 2. The van der Waals surface area contributed by atoms with Gasteiger partial charge in [0, 0.05) is 12.6 Å². The number of urea groups is 4. The average molecular weight is 1000 g/mol. The number of hydrogen-bond acceptors (Lipinski definition) is 16. The zero-order valence-electron chi connectivity index (χ0n) is 35.8. The molecule has 0 unspecified atom stereocenters. The fraction of sp³-hybridized carbons (Fsp3) is 0.622. The number of aliphatic hydroxyl groups excluding tert-OH is 3. The highest BCUT2D eigenvalue weighted by Crippen LogP contribution is 2.30. The van der Waals surface area contributed by atoms with Gasteiger partial charge in [-0.15, -0.1) is 37.2 Å². The maximum absolute atomic E-state index is 13.4. The van der Waals surface area contributed by atoms with Gasteiger partial charge in [0.2, 0.25) is 12.2 Å². The van der Waals surface area contributed by atoms with Gasteiger partial charge in [-0.25, -0.2) is 29.1 Å². The van der Waals surface area contributed by atoms with Gasteiger partial charge in [0.05, 0.1) is 37.5 Å². The van der Waals surface area contributed by atoms with Crippen molar-refractivity contribution in [3.8, 4) is 5.75 Å². The van der Waals surface area contributed by atoms with Crippen LogP contribution < -0.4 is 65.3 Å². The second-order valence-corrected chi connectivity index (χ2v) is 15.2. The first-order valence-corrected chi connectivity index (χ1v) is 20.4. The Morgan fingerprint density at radius 2 is 1.59 bits per heavy atom. The lowest BCUT2D eigenvalue weighted by Gasteiger charge is -2.44. The average Bonchev–Trinajstić information content (AvgIpc) is 3.60. The van der Waals surface area contributed by atoms with E-state index in [1.807, 2.05) is 0 Å². The van der Waals surface area contributed by atoms with E-state index in [0.29, 0.717) is 29.3 Å². The summed E-state index contributed by atoms with van der Waals surface area (Å²) in [7, 11) is 0. The fourth-order valence-electron chi connectivity index (χ4n) is 7.46. The minimum Gasteiger partial charge on any atom is -0.462 e. The summed E-state index contributed by atoms with van der Waals surface area (Å²) in [6.07, 6.45) is -4.85. The number of amides is 9. The molecule has 4 fully saturated rings. The molecule has 1 aromatic rings. The zero-order valence-corrected chi connectivity index (χ0v) is 38.2. The normalized spacial score (nSPS) is 30.2. The molecule has 0 saturated carbocycles. The third-order valence-corrected chi connectivity index (χ3v) is 10.6. The summed E-state index contributed by atoms with van der Waals surface area (Å²) < 4.78 is 29.3. The molecule has 4 aliphatic rings. The molecule has 26 nitrogen and oxygen atoms in total. The number of hydrogen-bond donors (Lipinski definition) is 14. The van der Waals surface area contributed by atoms with Crippen molar-refractivity contribution in [2.75, 3.05) is 39.4 Å². The van der Waals surface area contributed by atoms with E-state index in [1.54, 1.807) is 37.3 Å². The van der Waals surface area contributed by atoms with Gasteiger partial charge in [0.15, 0.2) is 18.5 Å². The minimum atomic E-state index is -1.64. The van der Waals surface area contributed by atoms with Crippen LogP contribution >= 0.6 is 37.2 Å². The number of ether oxygens (including phenoxy) is 5. The Kier molecular flexibility index (Phi) is 23.7. The van der Waals surface area contributed by atoms with Crippen molar-refractivity contribution in [3.63, 3.8) is 0 Å². The second-order valence-electron chi connectivity index (χ2n) is 15.2. The molecule has 0 spiro atoms. The smallest absolute Gasteiger partial charge is 0.326 e. The maximum Gasteiger partial charge on any atom is 0.326 e. The Labute approximate surface area is 398 Å². The topological polar surface area (TPSA) is 410 Å². The Morgan fingerprint density at radius 1 is 0.894 bits per heavy atom. The minimum absolute atomic E-state index is 0.